The van der Waals surface area contributed by atoms with Crippen LogP contribution in [0.1, 0.15) is 28.9 Å². The molecule has 0 N–H and O–H groups in total. The summed E-state index contributed by atoms with van der Waals surface area (Å²) in [6.45, 7) is 0.395. The highest BCUT2D eigenvalue weighted by molar-refractivity contribution is 6.05. The minimum atomic E-state index is -4.62. The molecular weight excluding hydrogens is 449 g/mol. The molecule has 1 spiro atoms. The summed E-state index contributed by atoms with van der Waals surface area (Å²) in [6, 6.07) is 11.0. The van der Waals surface area contributed by atoms with E-state index in [1.54, 1.807) is 23.4 Å². The molecule has 1 aromatic carbocycles. The molecule has 0 saturated carbocycles. The lowest BCUT2D eigenvalue weighted by molar-refractivity contribution is -0.763. The average Bonchev–Trinajstić information content (AvgIpc) is 3.55. The summed E-state index contributed by atoms with van der Waals surface area (Å²) in [5.41, 5.74) is -0.254. The van der Waals surface area contributed by atoms with Gasteiger partial charge in [0, 0.05) is 30.9 Å². The Morgan fingerprint density at radius 2 is 1.97 bits per heavy atom. The van der Waals surface area contributed by atoms with Crippen molar-refractivity contribution < 1.29 is 27.3 Å². The quantitative estimate of drug-likeness (QED) is 0.424. The van der Waals surface area contributed by atoms with Gasteiger partial charge in [0.05, 0.1) is 0 Å². The number of ether oxygens (including phenoxy) is 1. The fourth-order valence-corrected chi connectivity index (χ4v) is 4.82. The van der Waals surface area contributed by atoms with Crippen molar-refractivity contribution in [1.29, 1.82) is 0 Å². The SMILES string of the molecule is O=C(c1c(-c2ccccc2)nn2cccnc12)N1CCC[C@@]12COc1cnc(C(F)(F)F)c[n+]12. The predicted octanol–water partition coefficient (Wildman–Crippen LogP) is 3.08. The summed E-state index contributed by atoms with van der Waals surface area (Å²) in [7, 11) is 0. The monoisotopic (exact) mass is 467 g/mol. The number of rotatable bonds is 2. The Morgan fingerprint density at radius 1 is 1.15 bits per heavy atom. The number of halogens is 3. The highest BCUT2D eigenvalue weighted by atomic mass is 19.4. The van der Waals surface area contributed by atoms with Crippen molar-refractivity contribution >= 4 is 11.6 Å². The van der Waals surface area contributed by atoms with E-state index in [0.29, 0.717) is 36.3 Å². The van der Waals surface area contributed by atoms with E-state index in [1.807, 2.05) is 30.3 Å². The van der Waals surface area contributed by atoms with E-state index < -0.39 is 17.5 Å². The van der Waals surface area contributed by atoms with Crippen molar-refractivity contribution in [1.82, 2.24) is 24.5 Å². The molecule has 5 heterocycles. The van der Waals surface area contributed by atoms with Gasteiger partial charge in [0.1, 0.15) is 17.5 Å². The Bertz CT molecular complexity index is 1420. The summed E-state index contributed by atoms with van der Waals surface area (Å²) in [5, 5.41) is 4.59. The maximum Gasteiger partial charge on any atom is 0.439 e. The van der Waals surface area contributed by atoms with Crippen LogP contribution in [0.25, 0.3) is 16.9 Å². The summed E-state index contributed by atoms with van der Waals surface area (Å²) in [4.78, 5) is 23.6. The van der Waals surface area contributed by atoms with Crippen LogP contribution in [-0.4, -0.2) is 43.5 Å². The molecule has 1 atom stereocenters. The number of carbonyl (C=O) groups excluding carboxylic acids is 1. The number of amides is 1. The number of aromatic nitrogens is 5. The molecular formula is C23H18F3N6O2+. The lowest BCUT2D eigenvalue weighted by atomic mass is 10.0. The molecule has 2 aliphatic heterocycles. The number of carbonyl (C=O) groups is 1. The number of benzene rings is 1. The fraction of sp³-hybridized carbons (Fsp3) is 0.261. The molecule has 0 unspecified atom stereocenters. The normalized spacial score (nSPS) is 19.6. The molecule has 1 amide bonds. The van der Waals surface area contributed by atoms with E-state index in [4.69, 9.17) is 4.74 Å². The smallest absolute Gasteiger partial charge is 0.433 e. The van der Waals surface area contributed by atoms with Gasteiger partial charge in [-0.25, -0.2) is 14.5 Å². The largest absolute Gasteiger partial charge is 0.439 e. The second-order valence-electron chi connectivity index (χ2n) is 8.29. The average molecular weight is 467 g/mol. The van der Waals surface area contributed by atoms with Gasteiger partial charge in [-0.3, -0.25) is 9.69 Å². The Labute approximate surface area is 191 Å². The summed E-state index contributed by atoms with van der Waals surface area (Å²) in [6.07, 6.45) is 1.71. The van der Waals surface area contributed by atoms with Gasteiger partial charge in [0.15, 0.2) is 12.3 Å². The third-order valence-electron chi connectivity index (χ3n) is 6.36. The van der Waals surface area contributed by atoms with Crippen LogP contribution in [0.2, 0.25) is 0 Å². The summed E-state index contributed by atoms with van der Waals surface area (Å²) >= 11 is 0. The third kappa shape index (κ3) is 2.96. The molecule has 0 radical (unpaired) electrons. The molecule has 8 nitrogen and oxygen atoms in total. The third-order valence-corrected chi connectivity index (χ3v) is 6.36. The van der Waals surface area contributed by atoms with E-state index in [-0.39, 0.29) is 18.4 Å². The van der Waals surface area contributed by atoms with E-state index in [2.05, 4.69) is 15.1 Å². The van der Waals surface area contributed by atoms with Crippen LogP contribution in [0.3, 0.4) is 0 Å². The second-order valence-corrected chi connectivity index (χ2v) is 8.29. The zero-order chi connectivity index (χ0) is 23.5. The number of likely N-dealkylation sites (tertiary alicyclic amines) is 1. The topological polar surface area (TPSA) is 76.5 Å². The van der Waals surface area contributed by atoms with Gasteiger partial charge in [-0.15, -0.1) is 4.57 Å². The Hall–Kier alpha value is -4.02. The highest BCUT2D eigenvalue weighted by Gasteiger charge is 2.59. The molecule has 0 bridgehead atoms. The fourth-order valence-electron chi connectivity index (χ4n) is 4.82. The van der Waals surface area contributed by atoms with E-state index in [1.165, 1.54) is 9.08 Å². The summed E-state index contributed by atoms with van der Waals surface area (Å²) in [5.74, 6) is -0.173. The molecule has 6 rings (SSSR count). The number of hydrogen-bond acceptors (Lipinski definition) is 5. The number of alkyl halides is 3. The zero-order valence-electron chi connectivity index (χ0n) is 17.7. The molecule has 2 aliphatic rings. The van der Waals surface area contributed by atoms with Crippen molar-refractivity contribution in [3.8, 4) is 17.1 Å². The highest BCUT2D eigenvalue weighted by Crippen LogP contribution is 2.39. The lowest BCUT2D eigenvalue weighted by Crippen LogP contribution is -2.63. The standard InChI is InChI=1S/C23H18F3N6O2/c24-23(25,26)16-13-31-17(12-28-16)34-14-22(31)8-4-10-30(22)21(33)18-19(15-6-2-1-3-7-15)29-32-11-5-9-27-20(18)32/h1-3,5-7,9,11-13H,4,8,10,14H2/q+1/t22-/m1/s1. The molecule has 172 valence electrons. The maximum absolute atomic E-state index is 14.1. The first kappa shape index (κ1) is 20.6. The number of fused-ring (bicyclic) bond motifs is 3. The molecule has 3 aromatic heterocycles. The summed E-state index contributed by atoms with van der Waals surface area (Å²) < 4.78 is 48.9. The van der Waals surface area contributed by atoms with E-state index in [0.717, 1.165) is 18.0 Å². The Kier molecular flexibility index (Phi) is 4.38. The minimum Gasteiger partial charge on any atom is -0.433 e. The van der Waals surface area contributed by atoms with E-state index >= 15 is 0 Å². The van der Waals surface area contributed by atoms with Crippen molar-refractivity contribution in [2.45, 2.75) is 24.7 Å². The van der Waals surface area contributed by atoms with Crippen molar-refractivity contribution in [2.24, 2.45) is 0 Å². The van der Waals surface area contributed by atoms with Gasteiger partial charge in [-0.05, 0) is 12.5 Å². The van der Waals surface area contributed by atoms with E-state index in [9.17, 15) is 18.0 Å². The van der Waals surface area contributed by atoms with Crippen LogP contribution < -0.4 is 9.30 Å². The van der Waals surface area contributed by atoms with Crippen LogP contribution >= 0.6 is 0 Å². The number of hydrogen-bond donors (Lipinski definition) is 0. The van der Waals surface area contributed by atoms with Gasteiger partial charge in [-0.2, -0.15) is 18.3 Å². The van der Waals surface area contributed by atoms with Gasteiger partial charge >= 0.3 is 12.1 Å². The number of nitrogens with zero attached hydrogens (tertiary/aromatic N) is 6. The molecule has 1 fully saturated rings. The van der Waals surface area contributed by atoms with Crippen LogP contribution in [-0.2, 0) is 11.8 Å². The lowest BCUT2D eigenvalue weighted by Gasteiger charge is -2.28. The Balaban J connectivity index is 1.50. The minimum absolute atomic E-state index is 0.0367. The molecule has 0 aliphatic carbocycles. The van der Waals surface area contributed by atoms with Crippen molar-refractivity contribution in [2.75, 3.05) is 13.2 Å². The van der Waals surface area contributed by atoms with Crippen LogP contribution in [0.15, 0.2) is 61.2 Å². The molecule has 1 saturated heterocycles. The van der Waals surface area contributed by atoms with Crippen LogP contribution in [0, 0.1) is 0 Å². The first-order valence-corrected chi connectivity index (χ1v) is 10.7. The van der Waals surface area contributed by atoms with Crippen molar-refractivity contribution in [3.05, 3.63) is 72.4 Å². The Morgan fingerprint density at radius 3 is 2.76 bits per heavy atom. The predicted molar refractivity (Wildman–Crippen MR) is 112 cm³/mol. The van der Waals surface area contributed by atoms with Gasteiger partial charge in [0.25, 0.3) is 11.6 Å². The zero-order valence-corrected chi connectivity index (χ0v) is 17.7. The first-order chi connectivity index (χ1) is 16.4. The van der Waals surface area contributed by atoms with Crippen LogP contribution in [0.4, 0.5) is 13.2 Å². The van der Waals surface area contributed by atoms with Crippen LogP contribution in [0.5, 0.6) is 5.88 Å². The molecule has 4 aromatic rings. The maximum atomic E-state index is 14.1. The van der Waals surface area contributed by atoms with Gasteiger partial charge in [-0.1, -0.05) is 30.3 Å². The second kappa shape index (κ2) is 7.24. The van der Waals surface area contributed by atoms with Crippen molar-refractivity contribution in [3.63, 3.8) is 0 Å². The first-order valence-electron chi connectivity index (χ1n) is 10.7. The molecule has 11 heteroatoms. The van der Waals surface area contributed by atoms with Gasteiger partial charge < -0.3 is 4.74 Å². The van der Waals surface area contributed by atoms with Gasteiger partial charge in [0.2, 0.25) is 11.9 Å². The molecule has 34 heavy (non-hydrogen) atoms.